The standard InChI is InChI=1S/C49H32N4/c1-31-42(19-10-26-50-31)33-22-20-32(21-23-33)39-27-40(44-30-38-17-8-15-34-24-25-35-16-9-18-43(44)46(35)45(34)38)29-41(28-39)49-52-47(36-11-4-2-5-12-36)51-48(53-49)37-13-6-3-7-14-37/h2-30H,1H3. The Morgan fingerprint density at radius 2 is 0.906 bits per heavy atom. The summed E-state index contributed by atoms with van der Waals surface area (Å²) in [6, 6.07) is 60.0. The van der Waals surface area contributed by atoms with Gasteiger partial charge in [-0.15, -0.1) is 0 Å². The highest BCUT2D eigenvalue weighted by molar-refractivity contribution is 6.26. The Hall–Kier alpha value is -7.04. The Morgan fingerprint density at radius 3 is 1.58 bits per heavy atom. The van der Waals surface area contributed by atoms with E-state index in [1.165, 1.54) is 37.9 Å². The maximum atomic E-state index is 5.14. The van der Waals surface area contributed by atoms with Crippen LogP contribution in [0, 0.1) is 6.92 Å². The van der Waals surface area contributed by atoms with Gasteiger partial charge in [-0.05, 0) is 97.4 Å². The van der Waals surface area contributed by atoms with Gasteiger partial charge in [-0.2, -0.15) is 0 Å². The van der Waals surface area contributed by atoms with Crippen LogP contribution in [0.15, 0.2) is 176 Å². The van der Waals surface area contributed by atoms with Gasteiger partial charge in [0.25, 0.3) is 0 Å². The van der Waals surface area contributed by atoms with Gasteiger partial charge in [0, 0.05) is 34.1 Å². The van der Waals surface area contributed by atoms with E-state index in [4.69, 9.17) is 15.0 Å². The van der Waals surface area contributed by atoms with E-state index in [0.29, 0.717) is 17.5 Å². The molecule has 10 rings (SSSR count). The lowest BCUT2D eigenvalue weighted by molar-refractivity contribution is 1.07. The zero-order chi connectivity index (χ0) is 35.3. The molecule has 0 aliphatic rings. The van der Waals surface area contributed by atoms with Gasteiger partial charge in [-0.3, -0.25) is 4.98 Å². The maximum Gasteiger partial charge on any atom is 0.164 e. The first-order valence-electron chi connectivity index (χ1n) is 17.9. The number of benzene rings is 8. The van der Waals surface area contributed by atoms with Crippen molar-refractivity contribution in [2.75, 3.05) is 0 Å². The van der Waals surface area contributed by atoms with Crippen molar-refractivity contribution in [3.05, 3.63) is 182 Å². The number of hydrogen-bond donors (Lipinski definition) is 0. The zero-order valence-electron chi connectivity index (χ0n) is 29.0. The molecule has 0 unspecified atom stereocenters. The quantitative estimate of drug-likeness (QED) is 0.165. The van der Waals surface area contributed by atoms with E-state index >= 15 is 0 Å². The molecule has 2 aromatic heterocycles. The first-order chi connectivity index (χ1) is 26.2. The third kappa shape index (κ3) is 5.49. The van der Waals surface area contributed by atoms with Crippen molar-refractivity contribution in [1.29, 1.82) is 0 Å². The molecule has 0 aliphatic carbocycles. The molecule has 248 valence electrons. The van der Waals surface area contributed by atoms with Crippen molar-refractivity contribution in [1.82, 2.24) is 19.9 Å². The molecule has 0 amide bonds. The topological polar surface area (TPSA) is 51.6 Å². The van der Waals surface area contributed by atoms with Gasteiger partial charge >= 0.3 is 0 Å². The number of hydrogen-bond acceptors (Lipinski definition) is 4. The highest BCUT2D eigenvalue weighted by atomic mass is 15.0. The highest BCUT2D eigenvalue weighted by Crippen LogP contribution is 2.42. The molecule has 8 aromatic carbocycles. The first-order valence-corrected chi connectivity index (χ1v) is 17.9. The molecule has 0 bridgehead atoms. The Morgan fingerprint density at radius 1 is 0.340 bits per heavy atom. The van der Waals surface area contributed by atoms with Crippen LogP contribution in [0.3, 0.4) is 0 Å². The predicted octanol–water partition coefficient (Wildman–Crippen LogP) is 12.5. The molecule has 2 heterocycles. The minimum atomic E-state index is 0.625. The average molecular weight is 677 g/mol. The lowest BCUT2D eigenvalue weighted by Crippen LogP contribution is -2.00. The van der Waals surface area contributed by atoms with Gasteiger partial charge in [0.15, 0.2) is 17.5 Å². The van der Waals surface area contributed by atoms with Gasteiger partial charge in [0.2, 0.25) is 0 Å². The Labute approximate surface area is 307 Å². The van der Waals surface area contributed by atoms with E-state index < -0.39 is 0 Å². The monoisotopic (exact) mass is 676 g/mol. The number of rotatable bonds is 6. The normalized spacial score (nSPS) is 11.5. The SMILES string of the molecule is Cc1ncccc1-c1ccc(-c2cc(-c3nc(-c4ccccc4)nc(-c4ccccc4)n3)cc(-c3cc4cccc5ccc6cccc3c6c54)c2)cc1. The summed E-state index contributed by atoms with van der Waals surface area (Å²) in [5.74, 6) is 1.90. The summed E-state index contributed by atoms with van der Waals surface area (Å²) in [6.07, 6.45) is 1.84. The predicted molar refractivity (Wildman–Crippen MR) is 219 cm³/mol. The van der Waals surface area contributed by atoms with E-state index in [9.17, 15) is 0 Å². The molecule has 0 saturated heterocycles. The summed E-state index contributed by atoms with van der Waals surface area (Å²) >= 11 is 0. The molecule has 0 radical (unpaired) electrons. The van der Waals surface area contributed by atoms with E-state index in [1.807, 2.05) is 72.9 Å². The van der Waals surface area contributed by atoms with Gasteiger partial charge in [-0.1, -0.05) is 140 Å². The number of nitrogens with zero attached hydrogens (tertiary/aromatic N) is 4. The van der Waals surface area contributed by atoms with E-state index in [-0.39, 0.29) is 0 Å². The lowest BCUT2D eigenvalue weighted by atomic mass is 9.87. The van der Waals surface area contributed by atoms with Crippen LogP contribution in [0.4, 0.5) is 0 Å². The van der Waals surface area contributed by atoms with Gasteiger partial charge in [0.1, 0.15) is 0 Å². The smallest absolute Gasteiger partial charge is 0.164 e. The molecule has 0 N–H and O–H groups in total. The second-order valence-electron chi connectivity index (χ2n) is 13.5. The molecule has 10 aromatic rings. The number of pyridine rings is 1. The Balaban J connectivity index is 1.22. The zero-order valence-corrected chi connectivity index (χ0v) is 29.0. The van der Waals surface area contributed by atoms with E-state index in [2.05, 4.69) is 115 Å². The summed E-state index contributed by atoms with van der Waals surface area (Å²) < 4.78 is 0. The average Bonchev–Trinajstić information content (AvgIpc) is 3.23. The van der Waals surface area contributed by atoms with Gasteiger partial charge < -0.3 is 0 Å². The largest absolute Gasteiger partial charge is 0.261 e. The number of aromatic nitrogens is 4. The minimum Gasteiger partial charge on any atom is -0.261 e. The summed E-state index contributed by atoms with van der Waals surface area (Å²) in [5.41, 5.74) is 10.6. The second kappa shape index (κ2) is 12.6. The van der Waals surface area contributed by atoms with Crippen LogP contribution in [0.2, 0.25) is 0 Å². The van der Waals surface area contributed by atoms with Crippen molar-refractivity contribution in [3.8, 4) is 67.5 Å². The van der Waals surface area contributed by atoms with Crippen molar-refractivity contribution in [3.63, 3.8) is 0 Å². The van der Waals surface area contributed by atoms with Crippen LogP contribution in [-0.2, 0) is 0 Å². The summed E-state index contributed by atoms with van der Waals surface area (Å²) in [5, 5.41) is 7.54. The summed E-state index contributed by atoms with van der Waals surface area (Å²) in [4.78, 5) is 19.8. The minimum absolute atomic E-state index is 0.625. The van der Waals surface area contributed by atoms with E-state index in [0.717, 1.165) is 50.2 Å². The third-order valence-electron chi connectivity index (χ3n) is 10.2. The second-order valence-corrected chi connectivity index (χ2v) is 13.5. The molecule has 0 saturated carbocycles. The molecule has 0 aliphatic heterocycles. The van der Waals surface area contributed by atoms with Crippen molar-refractivity contribution < 1.29 is 0 Å². The third-order valence-corrected chi connectivity index (χ3v) is 10.2. The van der Waals surface area contributed by atoms with Gasteiger partial charge in [0.05, 0.1) is 0 Å². The van der Waals surface area contributed by atoms with Crippen LogP contribution in [0.25, 0.3) is 99.9 Å². The Kier molecular flexibility index (Phi) is 7.33. The molecule has 0 fully saturated rings. The summed E-state index contributed by atoms with van der Waals surface area (Å²) in [7, 11) is 0. The molecular weight excluding hydrogens is 645 g/mol. The molecule has 4 heteroatoms. The van der Waals surface area contributed by atoms with Crippen LogP contribution >= 0.6 is 0 Å². The van der Waals surface area contributed by atoms with E-state index in [1.54, 1.807) is 0 Å². The molecular formula is C49H32N4. The summed E-state index contributed by atoms with van der Waals surface area (Å²) in [6.45, 7) is 2.05. The molecule has 0 atom stereocenters. The first kappa shape index (κ1) is 30.8. The number of aryl methyl sites for hydroxylation is 1. The fourth-order valence-corrected chi connectivity index (χ4v) is 7.65. The van der Waals surface area contributed by atoms with Crippen molar-refractivity contribution in [2.45, 2.75) is 6.92 Å². The molecule has 4 nitrogen and oxygen atoms in total. The molecule has 0 spiro atoms. The maximum absolute atomic E-state index is 5.14. The fourth-order valence-electron chi connectivity index (χ4n) is 7.65. The van der Waals surface area contributed by atoms with Crippen LogP contribution in [0.5, 0.6) is 0 Å². The lowest BCUT2D eigenvalue weighted by Gasteiger charge is -2.17. The highest BCUT2D eigenvalue weighted by Gasteiger charge is 2.18. The Bertz CT molecular complexity index is 2880. The molecule has 53 heavy (non-hydrogen) atoms. The van der Waals surface area contributed by atoms with Gasteiger partial charge in [-0.25, -0.2) is 15.0 Å². The fraction of sp³-hybridized carbons (Fsp3) is 0.0204. The van der Waals surface area contributed by atoms with Crippen LogP contribution < -0.4 is 0 Å². The van der Waals surface area contributed by atoms with Crippen molar-refractivity contribution >= 4 is 32.3 Å². The van der Waals surface area contributed by atoms with Crippen LogP contribution in [-0.4, -0.2) is 19.9 Å². The van der Waals surface area contributed by atoms with Crippen molar-refractivity contribution in [2.24, 2.45) is 0 Å². The van der Waals surface area contributed by atoms with Crippen LogP contribution in [0.1, 0.15) is 5.69 Å².